The van der Waals surface area contributed by atoms with Crippen LogP contribution in [0.15, 0.2) is 41.3 Å². The monoisotopic (exact) mass is 449 g/mol. The Morgan fingerprint density at radius 1 is 1.03 bits per heavy atom. The summed E-state index contributed by atoms with van der Waals surface area (Å²) in [7, 11) is 0. The molecule has 0 spiro atoms. The molecule has 2 fully saturated rings. The number of pyridine rings is 1. The first-order valence-electron chi connectivity index (χ1n) is 11.5. The van der Waals surface area contributed by atoms with Crippen molar-refractivity contribution in [2.75, 3.05) is 31.1 Å². The van der Waals surface area contributed by atoms with Gasteiger partial charge in [0.25, 0.3) is 0 Å². The number of hydrogen-bond donors (Lipinski definition) is 1. The summed E-state index contributed by atoms with van der Waals surface area (Å²) >= 11 is 0. The molecule has 7 heteroatoms. The second kappa shape index (κ2) is 8.30. The normalized spacial score (nSPS) is 17.0. The number of aromatic carboxylic acids is 1. The van der Waals surface area contributed by atoms with Crippen molar-refractivity contribution in [1.82, 2.24) is 9.47 Å². The summed E-state index contributed by atoms with van der Waals surface area (Å²) in [5.41, 5.74) is 3.97. The maximum absolute atomic E-state index is 15.1. The first-order chi connectivity index (χ1) is 15.8. The molecule has 33 heavy (non-hydrogen) atoms. The van der Waals surface area contributed by atoms with Gasteiger partial charge in [-0.25, -0.2) is 9.18 Å². The predicted molar refractivity (Wildman–Crippen MR) is 127 cm³/mol. The number of carbonyl (C=O) groups is 1. The van der Waals surface area contributed by atoms with E-state index in [0.717, 1.165) is 32.5 Å². The molecule has 1 saturated carbocycles. The van der Waals surface area contributed by atoms with Crippen LogP contribution in [-0.4, -0.2) is 46.7 Å². The maximum atomic E-state index is 15.1. The lowest BCUT2D eigenvalue weighted by molar-refractivity contribution is 0.0695. The van der Waals surface area contributed by atoms with Gasteiger partial charge in [-0.05, 0) is 44.4 Å². The largest absolute Gasteiger partial charge is 0.477 e. The molecule has 172 valence electrons. The number of nitrogens with zero attached hydrogens (tertiary/aromatic N) is 3. The molecule has 1 aromatic heterocycles. The second-order valence-electron chi connectivity index (χ2n) is 9.40. The van der Waals surface area contributed by atoms with E-state index in [9.17, 15) is 14.7 Å². The van der Waals surface area contributed by atoms with Crippen molar-refractivity contribution in [2.45, 2.75) is 39.3 Å². The summed E-state index contributed by atoms with van der Waals surface area (Å²) in [6, 6.07) is 9.72. The Morgan fingerprint density at radius 3 is 2.30 bits per heavy atom. The minimum absolute atomic E-state index is 0.136. The van der Waals surface area contributed by atoms with Gasteiger partial charge >= 0.3 is 5.97 Å². The average molecular weight is 450 g/mol. The molecule has 0 unspecified atom stereocenters. The molecular weight excluding hydrogens is 421 g/mol. The van der Waals surface area contributed by atoms with E-state index in [1.165, 1.54) is 29.0 Å². The minimum Gasteiger partial charge on any atom is -0.477 e. The Morgan fingerprint density at radius 2 is 1.70 bits per heavy atom. The summed E-state index contributed by atoms with van der Waals surface area (Å²) in [5.74, 6) is -1.76. The fourth-order valence-electron chi connectivity index (χ4n) is 4.97. The van der Waals surface area contributed by atoms with Gasteiger partial charge in [0.2, 0.25) is 5.43 Å². The Kier molecular flexibility index (Phi) is 5.44. The highest BCUT2D eigenvalue weighted by Gasteiger charge is 2.28. The van der Waals surface area contributed by atoms with Crippen LogP contribution in [0.1, 0.15) is 45.9 Å². The Bertz CT molecular complexity index is 1280. The first-order valence-corrected chi connectivity index (χ1v) is 11.5. The standard InChI is InChI=1S/C26H28FN3O3/c1-16-9-17(2)11-18(10-16)14-28-5-7-29(8-6-28)24-13-23-20(12-22(24)27)25(31)21(26(32)33)15-30(23)19-3-4-19/h9-13,15,19H,3-8,14H2,1-2H3,(H,32,33). The van der Waals surface area contributed by atoms with Crippen molar-refractivity contribution in [3.63, 3.8) is 0 Å². The molecule has 6 nitrogen and oxygen atoms in total. The van der Waals surface area contributed by atoms with Crippen molar-refractivity contribution in [3.05, 3.63) is 74.8 Å². The van der Waals surface area contributed by atoms with Crippen LogP contribution in [0.5, 0.6) is 0 Å². The van der Waals surface area contributed by atoms with Gasteiger partial charge in [0.15, 0.2) is 0 Å². The third kappa shape index (κ3) is 4.25. The number of carboxylic acid groups (broad SMARTS) is 1. The van der Waals surface area contributed by atoms with Crippen molar-refractivity contribution in [2.24, 2.45) is 0 Å². The van der Waals surface area contributed by atoms with Gasteiger partial charge in [0.1, 0.15) is 11.4 Å². The number of carboxylic acids is 1. The highest BCUT2D eigenvalue weighted by molar-refractivity contribution is 5.93. The summed E-state index contributed by atoms with van der Waals surface area (Å²) in [6.45, 7) is 8.10. The highest BCUT2D eigenvalue weighted by atomic mass is 19.1. The molecule has 1 saturated heterocycles. The second-order valence-corrected chi connectivity index (χ2v) is 9.40. The van der Waals surface area contributed by atoms with Crippen LogP contribution in [-0.2, 0) is 6.54 Å². The number of piperazine rings is 1. The average Bonchev–Trinajstić information content (AvgIpc) is 3.59. The lowest BCUT2D eigenvalue weighted by atomic mass is 10.1. The number of rotatable bonds is 5. The van der Waals surface area contributed by atoms with Crippen LogP contribution >= 0.6 is 0 Å². The van der Waals surface area contributed by atoms with Crippen LogP contribution in [0.2, 0.25) is 0 Å². The zero-order valence-electron chi connectivity index (χ0n) is 19.0. The Labute approximate surface area is 191 Å². The third-order valence-electron chi connectivity index (χ3n) is 6.67. The molecule has 3 aromatic rings. The van der Waals surface area contributed by atoms with Gasteiger partial charge in [-0.3, -0.25) is 9.69 Å². The third-order valence-corrected chi connectivity index (χ3v) is 6.67. The van der Waals surface area contributed by atoms with E-state index < -0.39 is 17.2 Å². The molecule has 1 N–H and O–H groups in total. The van der Waals surface area contributed by atoms with Crippen LogP contribution in [0.25, 0.3) is 10.9 Å². The fourth-order valence-corrected chi connectivity index (χ4v) is 4.97. The smallest absolute Gasteiger partial charge is 0.341 e. The number of fused-ring (bicyclic) bond motifs is 1. The molecule has 1 aliphatic heterocycles. The van der Waals surface area contributed by atoms with Gasteiger partial charge in [-0.15, -0.1) is 0 Å². The molecule has 0 bridgehead atoms. The molecule has 0 atom stereocenters. The van der Waals surface area contributed by atoms with Gasteiger partial charge in [0, 0.05) is 50.3 Å². The van der Waals surface area contributed by atoms with E-state index in [0.29, 0.717) is 24.3 Å². The molecule has 0 radical (unpaired) electrons. The van der Waals surface area contributed by atoms with Crippen molar-refractivity contribution in [3.8, 4) is 0 Å². The molecule has 0 amide bonds. The summed E-state index contributed by atoms with van der Waals surface area (Å²) in [5, 5.41) is 9.56. The first kappa shape index (κ1) is 21.6. The molecule has 5 rings (SSSR count). The lowest BCUT2D eigenvalue weighted by Crippen LogP contribution is -2.46. The SMILES string of the molecule is Cc1cc(C)cc(CN2CCN(c3cc4c(cc3F)c(=O)c(C(=O)O)cn4C3CC3)CC2)c1. The number of halogens is 1. The van der Waals surface area contributed by atoms with E-state index in [-0.39, 0.29) is 17.0 Å². The number of aryl methyl sites for hydroxylation is 2. The highest BCUT2D eigenvalue weighted by Crippen LogP contribution is 2.38. The zero-order chi connectivity index (χ0) is 23.3. The van der Waals surface area contributed by atoms with Gasteiger partial charge < -0.3 is 14.6 Å². The van der Waals surface area contributed by atoms with E-state index >= 15 is 4.39 Å². The molecule has 2 aliphatic rings. The predicted octanol–water partition coefficient (Wildman–Crippen LogP) is 4.11. The van der Waals surface area contributed by atoms with Gasteiger partial charge in [-0.2, -0.15) is 0 Å². The van der Waals surface area contributed by atoms with Crippen LogP contribution in [0, 0.1) is 19.7 Å². The van der Waals surface area contributed by atoms with E-state index in [1.807, 2.05) is 9.47 Å². The van der Waals surface area contributed by atoms with Crippen LogP contribution in [0.4, 0.5) is 10.1 Å². The molecule has 2 aromatic carbocycles. The Hall–Kier alpha value is -3.19. The van der Waals surface area contributed by atoms with Crippen molar-refractivity contribution < 1.29 is 14.3 Å². The number of anilines is 1. The van der Waals surface area contributed by atoms with E-state index in [1.54, 1.807) is 6.07 Å². The quantitative estimate of drug-likeness (QED) is 0.635. The van der Waals surface area contributed by atoms with Crippen molar-refractivity contribution in [1.29, 1.82) is 0 Å². The van der Waals surface area contributed by atoms with Gasteiger partial charge in [0.05, 0.1) is 11.2 Å². The summed E-state index contributed by atoms with van der Waals surface area (Å²) < 4.78 is 17.0. The maximum Gasteiger partial charge on any atom is 0.341 e. The minimum atomic E-state index is -1.28. The van der Waals surface area contributed by atoms with Crippen LogP contribution in [0.3, 0.4) is 0 Å². The summed E-state index contributed by atoms with van der Waals surface area (Å²) in [6.07, 6.45) is 3.29. The topological polar surface area (TPSA) is 65.8 Å². The number of aromatic nitrogens is 1. The molecular formula is C26H28FN3O3. The lowest BCUT2D eigenvalue weighted by Gasteiger charge is -2.36. The Balaban J connectivity index is 1.41. The van der Waals surface area contributed by atoms with Gasteiger partial charge in [-0.1, -0.05) is 29.3 Å². The number of benzene rings is 2. The van der Waals surface area contributed by atoms with Crippen LogP contribution < -0.4 is 10.3 Å². The van der Waals surface area contributed by atoms with Crippen molar-refractivity contribution >= 4 is 22.6 Å². The van der Waals surface area contributed by atoms with E-state index in [4.69, 9.17) is 0 Å². The van der Waals surface area contributed by atoms with E-state index in [2.05, 4.69) is 36.9 Å². The zero-order valence-corrected chi connectivity index (χ0v) is 19.0. The number of hydrogen-bond acceptors (Lipinski definition) is 4. The summed E-state index contributed by atoms with van der Waals surface area (Å²) in [4.78, 5) is 28.6. The molecule has 2 heterocycles. The fraction of sp³-hybridized carbons (Fsp3) is 0.385. The molecule has 1 aliphatic carbocycles.